The lowest BCUT2D eigenvalue weighted by Gasteiger charge is -2.20. The minimum Gasteiger partial charge on any atom is -0.0616 e. The predicted molar refractivity (Wildman–Crippen MR) is 291 cm³/mol. The molecule has 328 valence electrons. The standard InChI is InChI=1S/C66H64/c1-41-29-45(5)63(46(6)30-41)61(64-47(7)31-42(2)32-48(64)8)39-57-23-15-13-19-53(57)25-27-59-37-55-21-17-18-22-56(55)38-60(59)28-26-54-20-14-16-24-58(54)40-62(65-49(9)33-43(3)34-50(65)10)66-51(11)35-44(4)36-52(66)12/h13-40H,1-12H3/b27-25-,28-26-. The molecular weight excluding hydrogens is 793 g/mol. The van der Waals surface area contributed by atoms with Crippen LogP contribution >= 0.6 is 0 Å². The van der Waals surface area contributed by atoms with E-state index in [1.54, 1.807) is 0 Å². The lowest BCUT2D eigenvalue weighted by atomic mass is 9.83. The van der Waals surface area contributed by atoms with Gasteiger partial charge in [0.15, 0.2) is 0 Å². The maximum atomic E-state index is 2.42. The number of aryl methyl sites for hydroxylation is 12. The van der Waals surface area contributed by atoms with Gasteiger partial charge in [0.05, 0.1) is 0 Å². The summed E-state index contributed by atoms with van der Waals surface area (Å²) < 4.78 is 0. The molecule has 8 rings (SSSR count). The maximum Gasteiger partial charge on any atom is -0.00946 e. The Morgan fingerprint density at radius 1 is 0.258 bits per heavy atom. The zero-order valence-electron chi connectivity index (χ0n) is 41.2. The van der Waals surface area contributed by atoms with Crippen molar-refractivity contribution in [1.29, 1.82) is 0 Å². The second-order valence-electron chi connectivity index (χ2n) is 19.0. The van der Waals surface area contributed by atoms with E-state index in [0.717, 1.165) is 0 Å². The van der Waals surface area contributed by atoms with E-state index in [1.165, 1.54) is 144 Å². The monoisotopic (exact) mass is 857 g/mol. The fourth-order valence-electron chi connectivity index (χ4n) is 10.8. The van der Waals surface area contributed by atoms with E-state index in [9.17, 15) is 0 Å². The van der Waals surface area contributed by atoms with Crippen LogP contribution in [-0.2, 0) is 0 Å². The average Bonchev–Trinajstić information content (AvgIpc) is 3.24. The largest absolute Gasteiger partial charge is 0.0616 e. The van der Waals surface area contributed by atoms with Crippen molar-refractivity contribution in [3.05, 3.63) is 256 Å². The van der Waals surface area contributed by atoms with Crippen molar-refractivity contribution in [1.82, 2.24) is 0 Å². The van der Waals surface area contributed by atoms with E-state index in [1.807, 2.05) is 0 Å². The van der Waals surface area contributed by atoms with Gasteiger partial charge in [-0.1, -0.05) is 168 Å². The second kappa shape index (κ2) is 19.2. The van der Waals surface area contributed by atoms with Crippen LogP contribution in [0.4, 0.5) is 0 Å². The van der Waals surface area contributed by atoms with Crippen LogP contribution in [0.25, 0.3) is 58.4 Å². The molecule has 0 amide bonds. The molecule has 0 nitrogen and oxygen atoms in total. The molecule has 8 aromatic rings. The number of benzene rings is 8. The fraction of sp³-hybridized carbons (Fsp3) is 0.182. The first-order valence-electron chi connectivity index (χ1n) is 23.5. The first-order chi connectivity index (χ1) is 31.6. The Labute approximate surface area is 395 Å². The third kappa shape index (κ3) is 9.66. The van der Waals surface area contributed by atoms with Crippen molar-refractivity contribution in [2.75, 3.05) is 0 Å². The van der Waals surface area contributed by atoms with Crippen LogP contribution < -0.4 is 0 Å². The molecule has 66 heavy (non-hydrogen) atoms. The van der Waals surface area contributed by atoms with Gasteiger partial charge in [-0.2, -0.15) is 0 Å². The van der Waals surface area contributed by atoms with E-state index >= 15 is 0 Å². The summed E-state index contributed by atoms with van der Waals surface area (Å²) in [5.41, 5.74) is 30.4. The third-order valence-electron chi connectivity index (χ3n) is 13.2. The highest BCUT2D eigenvalue weighted by Gasteiger charge is 2.19. The maximum absolute atomic E-state index is 2.42. The van der Waals surface area contributed by atoms with Gasteiger partial charge in [0, 0.05) is 0 Å². The van der Waals surface area contributed by atoms with E-state index < -0.39 is 0 Å². The molecule has 0 radical (unpaired) electrons. The molecule has 0 N–H and O–H groups in total. The van der Waals surface area contributed by atoms with Gasteiger partial charge >= 0.3 is 0 Å². The fourth-order valence-corrected chi connectivity index (χ4v) is 10.8. The molecule has 0 spiro atoms. The molecule has 0 saturated carbocycles. The van der Waals surface area contributed by atoms with Gasteiger partial charge in [-0.15, -0.1) is 0 Å². The zero-order chi connectivity index (χ0) is 46.8. The predicted octanol–water partition coefficient (Wildman–Crippen LogP) is 18.1. The van der Waals surface area contributed by atoms with Gasteiger partial charge < -0.3 is 0 Å². The highest BCUT2D eigenvalue weighted by Crippen LogP contribution is 2.39. The Hall–Kier alpha value is -7.02. The van der Waals surface area contributed by atoms with Crippen molar-refractivity contribution in [2.45, 2.75) is 83.1 Å². The van der Waals surface area contributed by atoms with Crippen molar-refractivity contribution in [2.24, 2.45) is 0 Å². The van der Waals surface area contributed by atoms with Gasteiger partial charge in [0.2, 0.25) is 0 Å². The molecule has 0 aromatic heterocycles. The van der Waals surface area contributed by atoms with Crippen molar-refractivity contribution < 1.29 is 0 Å². The summed E-state index contributed by atoms with van der Waals surface area (Å²) in [7, 11) is 0. The number of fused-ring (bicyclic) bond motifs is 1. The molecule has 0 aliphatic carbocycles. The Morgan fingerprint density at radius 2 is 0.485 bits per heavy atom. The topological polar surface area (TPSA) is 0 Å². The molecule has 0 bridgehead atoms. The van der Waals surface area contributed by atoms with Gasteiger partial charge in [-0.05, 0) is 229 Å². The molecule has 0 unspecified atom stereocenters. The van der Waals surface area contributed by atoms with E-state index in [2.05, 4.69) is 253 Å². The van der Waals surface area contributed by atoms with Gasteiger partial charge in [-0.25, -0.2) is 0 Å². The Kier molecular flexibility index (Phi) is 13.3. The lowest BCUT2D eigenvalue weighted by Crippen LogP contribution is -2.01. The van der Waals surface area contributed by atoms with Crippen LogP contribution in [0.1, 0.15) is 122 Å². The van der Waals surface area contributed by atoms with Crippen LogP contribution in [0.5, 0.6) is 0 Å². The molecule has 0 aliphatic heterocycles. The molecule has 0 heterocycles. The quantitative estimate of drug-likeness (QED) is 0.120. The number of rotatable bonds is 10. The molecule has 0 atom stereocenters. The summed E-state index contributed by atoms with van der Waals surface area (Å²) in [6, 6.07) is 49.6. The summed E-state index contributed by atoms with van der Waals surface area (Å²) in [5.74, 6) is 0. The van der Waals surface area contributed by atoms with Gasteiger partial charge in [0.25, 0.3) is 0 Å². The van der Waals surface area contributed by atoms with Crippen LogP contribution in [0.3, 0.4) is 0 Å². The SMILES string of the molecule is Cc1cc(C)c(C(=Cc2ccccc2/C=C\c2cc3ccccc3cc2/C=C\c2ccccc2C=C(c2c(C)cc(C)cc2C)c2c(C)cc(C)cc2C)c2c(C)cc(C)cc2C)c(C)c1. The minimum atomic E-state index is 1.17. The lowest BCUT2D eigenvalue weighted by molar-refractivity contribution is 1.25. The normalized spacial score (nSPS) is 11.5. The smallest absolute Gasteiger partial charge is 0.00946 e. The molecule has 0 aliphatic rings. The Bertz CT molecular complexity index is 2860. The van der Waals surface area contributed by atoms with E-state index in [4.69, 9.17) is 0 Å². The highest BCUT2D eigenvalue weighted by molar-refractivity contribution is 5.99. The summed E-state index contributed by atoms with van der Waals surface area (Å²) >= 11 is 0. The van der Waals surface area contributed by atoms with Crippen molar-refractivity contribution >= 4 is 58.4 Å². The van der Waals surface area contributed by atoms with Gasteiger partial charge in [0.1, 0.15) is 0 Å². The number of hydrogen-bond donors (Lipinski definition) is 0. The van der Waals surface area contributed by atoms with Crippen LogP contribution in [0.2, 0.25) is 0 Å². The summed E-state index contributed by atoms with van der Waals surface area (Å²) in [6.07, 6.45) is 14.1. The first-order valence-corrected chi connectivity index (χ1v) is 23.5. The highest BCUT2D eigenvalue weighted by atomic mass is 14.2. The summed E-state index contributed by atoms with van der Waals surface area (Å²) in [4.78, 5) is 0. The third-order valence-corrected chi connectivity index (χ3v) is 13.2. The van der Waals surface area contributed by atoms with Crippen LogP contribution in [-0.4, -0.2) is 0 Å². The summed E-state index contributed by atoms with van der Waals surface area (Å²) in [5, 5.41) is 2.45. The summed E-state index contributed by atoms with van der Waals surface area (Å²) in [6.45, 7) is 26.8. The Balaban J connectivity index is 1.25. The minimum absolute atomic E-state index is 1.17. The molecule has 0 fully saturated rings. The van der Waals surface area contributed by atoms with Crippen molar-refractivity contribution in [3.63, 3.8) is 0 Å². The zero-order valence-corrected chi connectivity index (χ0v) is 41.2. The second-order valence-corrected chi connectivity index (χ2v) is 19.0. The van der Waals surface area contributed by atoms with E-state index in [0.29, 0.717) is 0 Å². The number of hydrogen-bond acceptors (Lipinski definition) is 0. The molecule has 0 saturated heterocycles. The molecular formula is C66H64. The molecule has 8 aromatic carbocycles. The van der Waals surface area contributed by atoms with Crippen LogP contribution in [0.15, 0.2) is 133 Å². The van der Waals surface area contributed by atoms with Gasteiger partial charge in [-0.3, -0.25) is 0 Å². The average molecular weight is 857 g/mol. The first kappa shape index (κ1) is 45.5. The molecule has 0 heteroatoms. The van der Waals surface area contributed by atoms with E-state index in [-0.39, 0.29) is 0 Å². The van der Waals surface area contributed by atoms with Crippen molar-refractivity contribution in [3.8, 4) is 0 Å². The van der Waals surface area contributed by atoms with Crippen LogP contribution in [0, 0.1) is 83.1 Å². The Morgan fingerprint density at radius 3 is 0.758 bits per heavy atom.